The zero-order chi connectivity index (χ0) is 18.7. The van der Waals surface area contributed by atoms with Crippen molar-refractivity contribution in [1.82, 2.24) is 14.7 Å². The standard InChI is InChI=1S/C20H20N4O2/c1-4-8-21-19(25)17-16-7-5-6-9-24(16)18(23-17)20(26)22-15-11-13(2)10-14(3)12-15/h4-7,9-12H,1,8H2,2-3H3,(H,21,25)(H,22,26). The molecular formula is C20H20N4O2. The maximum atomic E-state index is 12.8. The normalized spacial score (nSPS) is 10.5. The average molecular weight is 348 g/mol. The Morgan fingerprint density at radius 3 is 2.58 bits per heavy atom. The van der Waals surface area contributed by atoms with E-state index < -0.39 is 0 Å². The number of aromatic nitrogens is 2. The smallest absolute Gasteiger partial charge is 0.292 e. The van der Waals surface area contributed by atoms with Crippen LogP contribution in [0, 0.1) is 13.8 Å². The van der Waals surface area contributed by atoms with Gasteiger partial charge < -0.3 is 10.6 Å². The van der Waals surface area contributed by atoms with E-state index in [2.05, 4.69) is 22.2 Å². The van der Waals surface area contributed by atoms with Crippen LogP contribution in [0.25, 0.3) is 5.52 Å². The number of nitrogens with zero attached hydrogens (tertiary/aromatic N) is 2. The number of amides is 2. The number of nitrogens with one attached hydrogen (secondary N) is 2. The first-order valence-corrected chi connectivity index (χ1v) is 8.25. The van der Waals surface area contributed by atoms with E-state index in [0.717, 1.165) is 11.1 Å². The number of imidazole rings is 1. The Kier molecular flexibility index (Phi) is 4.84. The molecule has 0 aliphatic rings. The van der Waals surface area contributed by atoms with Crippen molar-refractivity contribution in [2.45, 2.75) is 13.8 Å². The van der Waals surface area contributed by atoms with Gasteiger partial charge >= 0.3 is 0 Å². The summed E-state index contributed by atoms with van der Waals surface area (Å²) in [6.07, 6.45) is 3.30. The highest BCUT2D eigenvalue weighted by molar-refractivity contribution is 6.06. The summed E-state index contributed by atoms with van der Waals surface area (Å²) >= 11 is 0. The second kappa shape index (κ2) is 7.23. The maximum absolute atomic E-state index is 12.8. The highest BCUT2D eigenvalue weighted by Crippen LogP contribution is 2.17. The van der Waals surface area contributed by atoms with E-state index in [4.69, 9.17) is 0 Å². The SMILES string of the molecule is C=CCNC(=O)c1nc(C(=O)Nc2cc(C)cc(C)c2)n2ccccc12. The Morgan fingerprint density at radius 2 is 1.88 bits per heavy atom. The number of hydrogen-bond acceptors (Lipinski definition) is 3. The van der Waals surface area contributed by atoms with Crippen molar-refractivity contribution in [3.8, 4) is 0 Å². The van der Waals surface area contributed by atoms with Crippen LogP contribution >= 0.6 is 0 Å². The van der Waals surface area contributed by atoms with Crippen LogP contribution in [0.15, 0.2) is 55.3 Å². The van der Waals surface area contributed by atoms with Gasteiger partial charge in [0.25, 0.3) is 11.8 Å². The first-order valence-electron chi connectivity index (χ1n) is 8.25. The summed E-state index contributed by atoms with van der Waals surface area (Å²) in [5.74, 6) is -0.568. The Balaban J connectivity index is 1.97. The van der Waals surface area contributed by atoms with Crippen molar-refractivity contribution < 1.29 is 9.59 Å². The molecule has 0 aliphatic heterocycles. The summed E-state index contributed by atoms with van der Waals surface area (Å²) in [5.41, 5.74) is 3.58. The Labute approximate surface area is 151 Å². The maximum Gasteiger partial charge on any atom is 0.292 e. The van der Waals surface area contributed by atoms with Crippen molar-refractivity contribution in [2.24, 2.45) is 0 Å². The second-order valence-corrected chi connectivity index (χ2v) is 6.07. The van der Waals surface area contributed by atoms with Crippen LogP contribution in [0.4, 0.5) is 5.69 Å². The summed E-state index contributed by atoms with van der Waals surface area (Å²) in [6.45, 7) is 7.84. The third-order valence-electron chi connectivity index (χ3n) is 3.85. The van der Waals surface area contributed by atoms with Crippen molar-refractivity contribution in [1.29, 1.82) is 0 Å². The molecule has 1 aromatic carbocycles. The van der Waals surface area contributed by atoms with Gasteiger partial charge in [-0.2, -0.15) is 0 Å². The molecule has 6 heteroatoms. The van der Waals surface area contributed by atoms with E-state index in [9.17, 15) is 9.59 Å². The van der Waals surface area contributed by atoms with Crippen LogP contribution in [0.5, 0.6) is 0 Å². The molecule has 0 atom stereocenters. The highest BCUT2D eigenvalue weighted by atomic mass is 16.2. The number of carbonyl (C=O) groups excluding carboxylic acids is 2. The lowest BCUT2D eigenvalue weighted by atomic mass is 10.1. The molecule has 0 unspecified atom stereocenters. The zero-order valence-electron chi connectivity index (χ0n) is 14.7. The third kappa shape index (κ3) is 3.49. The van der Waals surface area contributed by atoms with Crippen molar-refractivity contribution in [2.75, 3.05) is 11.9 Å². The van der Waals surface area contributed by atoms with Gasteiger partial charge in [-0.1, -0.05) is 18.2 Å². The van der Waals surface area contributed by atoms with Crippen LogP contribution in [0.1, 0.15) is 32.2 Å². The third-order valence-corrected chi connectivity index (χ3v) is 3.85. The number of rotatable bonds is 5. The predicted molar refractivity (Wildman–Crippen MR) is 102 cm³/mol. The molecule has 2 N–H and O–H groups in total. The van der Waals surface area contributed by atoms with Crippen molar-refractivity contribution in [3.05, 3.63) is 77.9 Å². The van der Waals surface area contributed by atoms with E-state index in [-0.39, 0.29) is 23.3 Å². The van der Waals surface area contributed by atoms with Gasteiger partial charge in [-0.25, -0.2) is 4.98 Å². The van der Waals surface area contributed by atoms with Crippen LogP contribution in [0.3, 0.4) is 0 Å². The minimum atomic E-state index is -0.376. The first kappa shape index (κ1) is 17.4. The number of aryl methyl sites for hydroxylation is 2. The number of pyridine rings is 1. The van der Waals surface area contributed by atoms with Crippen LogP contribution in [-0.2, 0) is 0 Å². The largest absolute Gasteiger partial charge is 0.347 e. The molecule has 2 amide bonds. The molecule has 0 spiro atoms. The van der Waals surface area contributed by atoms with E-state index in [1.165, 1.54) is 0 Å². The first-order chi connectivity index (χ1) is 12.5. The minimum absolute atomic E-state index is 0.156. The summed E-state index contributed by atoms with van der Waals surface area (Å²) in [4.78, 5) is 29.4. The van der Waals surface area contributed by atoms with Gasteiger partial charge in [0, 0.05) is 18.4 Å². The number of carbonyl (C=O) groups is 2. The molecule has 0 saturated carbocycles. The Hall–Kier alpha value is -3.41. The molecule has 6 nitrogen and oxygen atoms in total. The van der Waals surface area contributed by atoms with Gasteiger partial charge in [0.15, 0.2) is 5.69 Å². The summed E-state index contributed by atoms with van der Waals surface area (Å²) in [5, 5.41) is 5.55. The fraction of sp³-hybridized carbons (Fsp3) is 0.150. The topological polar surface area (TPSA) is 75.5 Å². The molecule has 0 saturated heterocycles. The molecule has 3 rings (SSSR count). The highest BCUT2D eigenvalue weighted by Gasteiger charge is 2.21. The minimum Gasteiger partial charge on any atom is -0.347 e. The molecule has 132 valence electrons. The average Bonchev–Trinajstić information content (AvgIpc) is 2.98. The van der Waals surface area contributed by atoms with Crippen molar-refractivity contribution >= 4 is 23.0 Å². The lowest BCUT2D eigenvalue weighted by molar-refractivity contribution is 0.0955. The molecule has 0 radical (unpaired) electrons. The van der Waals surface area contributed by atoms with Crippen LogP contribution in [0.2, 0.25) is 0 Å². The van der Waals surface area contributed by atoms with Crippen LogP contribution < -0.4 is 10.6 Å². The van der Waals surface area contributed by atoms with Gasteiger partial charge in [-0.3, -0.25) is 14.0 Å². The van der Waals surface area contributed by atoms with Crippen LogP contribution in [-0.4, -0.2) is 27.7 Å². The van der Waals surface area contributed by atoms with Gasteiger partial charge in [0.1, 0.15) is 0 Å². The number of fused-ring (bicyclic) bond motifs is 1. The number of hydrogen-bond donors (Lipinski definition) is 2. The fourth-order valence-corrected chi connectivity index (χ4v) is 2.85. The quantitative estimate of drug-likeness (QED) is 0.696. The number of benzene rings is 1. The summed E-state index contributed by atoms with van der Waals surface area (Å²) < 4.78 is 1.61. The van der Waals surface area contributed by atoms with Gasteiger partial charge in [0.2, 0.25) is 5.82 Å². The fourth-order valence-electron chi connectivity index (χ4n) is 2.85. The van der Waals surface area contributed by atoms with E-state index >= 15 is 0 Å². The Bertz CT molecular complexity index is 984. The molecule has 3 aromatic rings. The lowest BCUT2D eigenvalue weighted by Gasteiger charge is -2.07. The molecule has 0 fully saturated rings. The van der Waals surface area contributed by atoms with Gasteiger partial charge in [-0.15, -0.1) is 6.58 Å². The predicted octanol–water partition coefficient (Wildman–Crippen LogP) is 3.12. The number of anilines is 1. The molecular weight excluding hydrogens is 328 g/mol. The molecule has 0 bridgehead atoms. The molecule has 26 heavy (non-hydrogen) atoms. The molecule has 2 heterocycles. The second-order valence-electron chi connectivity index (χ2n) is 6.07. The van der Waals surface area contributed by atoms with Crippen molar-refractivity contribution in [3.63, 3.8) is 0 Å². The van der Waals surface area contributed by atoms with E-state index in [1.807, 2.05) is 32.0 Å². The molecule has 0 aliphatic carbocycles. The van der Waals surface area contributed by atoms with E-state index in [0.29, 0.717) is 17.7 Å². The Morgan fingerprint density at radius 1 is 1.15 bits per heavy atom. The molecule has 2 aromatic heterocycles. The van der Waals surface area contributed by atoms with Gasteiger partial charge in [-0.05, 0) is 49.2 Å². The summed E-state index contributed by atoms with van der Waals surface area (Å²) in [7, 11) is 0. The summed E-state index contributed by atoms with van der Waals surface area (Å²) in [6, 6.07) is 11.1. The lowest BCUT2D eigenvalue weighted by Crippen LogP contribution is -2.24. The zero-order valence-corrected chi connectivity index (χ0v) is 14.7. The van der Waals surface area contributed by atoms with E-state index in [1.54, 1.807) is 34.9 Å². The monoisotopic (exact) mass is 348 g/mol. The van der Waals surface area contributed by atoms with Gasteiger partial charge in [0.05, 0.1) is 5.52 Å².